The lowest BCUT2D eigenvalue weighted by Crippen LogP contribution is -2.31. The minimum Gasteiger partial charge on any atom is -0.444 e. The van der Waals surface area contributed by atoms with Gasteiger partial charge in [-0.25, -0.2) is 4.79 Å². The summed E-state index contributed by atoms with van der Waals surface area (Å²) >= 11 is 6.30. The Morgan fingerprint density at radius 1 is 1.03 bits per heavy atom. The molecule has 0 spiro atoms. The van der Waals surface area contributed by atoms with Crippen LogP contribution in [0.15, 0.2) is 72.8 Å². The Hall–Kier alpha value is -4.44. The predicted octanol–water partition coefficient (Wildman–Crippen LogP) is 4.17. The summed E-state index contributed by atoms with van der Waals surface area (Å²) in [5, 5.41) is 22.7. The van der Waals surface area contributed by atoms with Crippen molar-refractivity contribution in [2.75, 3.05) is 17.7 Å². The summed E-state index contributed by atoms with van der Waals surface area (Å²) in [5.74, 6) is 0.177. The SMILES string of the molecule is CNC(=O)[C@H](Nc1ccc(-c2nn[nH]n2)cc1)c1cc(Cl)cc(NC(=O)OCc2ccccc2)c1. The van der Waals surface area contributed by atoms with Crippen molar-refractivity contribution in [3.05, 3.63) is 88.9 Å². The molecule has 0 radical (unpaired) electrons. The number of carbonyl (C=O) groups excluding carboxylic acids is 2. The Kier molecular flexibility index (Phi) is 7.53. The molecule has 0 aliphatic carbocycles. The maximum absolute atomic E-state index is 12.7. The summed E-state index contributed by atoms with van der Waals surface area (Å²) in [5.41, 5.74) is 3.27. The van der Waals surface area contributed by atoms with E-state index in [4.69, 9.17) is 16.3 Å². The monoisotopic (exact) mass is 491 g/mol. The predicted molar refractivity (Wildman–Crippen MR) is 132 cm³/mol. The van der Waals surface area contributed by atoms with Gasteiger partial charge in [-0.1, -0.05) is 41.9 Å². The van der Waals surface area contributed by atoms with Crippen LogP contribution in [0.3, 0.4) is 0 Å². The molecule has 11 heteroatoms. The van der Waals surface area contributed by atoms with Gasteiger partial charge in [-0.3, -0.25) is 10.1 Å². The maximum Gasteiger partial charge on any atom is 0.411 e. The lowest BCUT2D eigenvalue weighted by Gasteiger charge is -2.20. The van der Waals surface area contributed by atoms with Gasteiger partial charge in [-0.15, -0.1) is 10.2 Å². The van der Waals surface area contributed by atoms with Gasteiger partial charge in [0.2, 0.25) is 11.7 Å². The smallest absolute Gasteiger partial charge is 0.411 e. The number of H-pyrrole nitrogens is 1. The molecule has 3 aromatic carbocycles. The largest absolute Gasteiger partial charge is 0.444 e. The molecule has 0 unspecified atom stereocenters. The second-order valence-corrected chi connectivity index (χ2v) is 7.90. The second-order valence-electron chi connectivity index (χ2n) is 7.46. The lowest BCUT2D eigenvalue weighted by atomic mass is 10.0. The molecule has 10 nitrogen and oxygen atoms in total. The average molecular weight is 492 g/mol. The maximum atomic E-state index is 12.7. The highest BCUT2D eigenvalue weighted by molar-refractivity contribution is 6.31. The van der Waals surface area contributed by atoms with Crippen LogP contribution in [0.5, 0.6) is 0 Å². The third-order valence-corrected chi connectivity index (χ3v) is 5.24. The first-order valence-corrected chi connectivity index (χ1v) is 11.0. The van der Waals surface area contributed by atoms with Gasteiger partial charge in [0.25, 0.3) is 0 Å². The fraction of sp³-hybridized carbons (Fsp3) is 0.125. The average Bonchev–Trinajstić information content (AvgIpc) is 3.41. The topological polar surface area (TPSA) is 134 Å². The summed E-state index contributed by atoms with van der Waals surface area (Å²) in [6.45, 7) is 0.127. The molecule has 1 aromatic heterocycles. The molecular formula is C24H22ClN7O3. The van der Waals surface area contributed by atoms with E-state index in [9.17, 15) is 9.59 Å². The quantitative estimate of drug-likeness (QED) is 0.290. The zero-order chi connectivity index (χ0) is 24.6. The van der Waals surface area contributed by atoms with Crippen molar-refractivity contribution in [3.63, 3.8) is 0 Å². The number of aromatic nitrogens is 4. The van der Waals surface area contributed by atoms with Crippen LogP contribution in [-0.2, 0) is 16.1 Å². The fourth-order valence-corrected chi connectivity index (χ4v) is 3.58. The van der Waals surface area contributed by atoms with Gasteiger partial charge < -0.3 is 15.4 Å². The summed E-state index contributed by atoms with van der Waals surface area (Å²) < 4.78 is 5.27. The first-order valence-electron chi connectivity index (χ1n) is 10.6. The first-order chi connectivity index (χ1) is 17.0. The Bertz CT molecular complexity index is 1280. The minimum atomic E-state index is -0.782. The van der Waals surface area contributed by atoms with E-state index < -0.39 is 12.1 Å². The zero-order valence-electron chi connectivity index (χ0n) is 18.7. The van der Waals surface area contributed by atoms with E-state index in [0.29, 0.717) is 27.8 Å². The molecule has 4 aromatic rings. The number of hydrogen-bond donors (Lipinski definition) is 4. The van der Waals surface area contributed by atoms with Crippen molar-refractivity contribution in [1.29, 1.82) is 0 Å². The van der Waals surface area contributed by atoms with Gasteiger partial charge in [0.15, 0.2) is 0 Å². The highest BCUT2D eigenvalue weighted by Crippen LogP contribution is 2.28. The van der Waals surface area contributed by atoms with E-state index in [1.54, 1.807) is 37.4 Å². The summed E-state index contributed by atoms with van der Waals surface area (Å²) in [6, 6.07) is 20.7. The van der Waals surface area contributed by atoms with Crippen LogP contribution < -0.4 is 16.0 Å². The van der Waals surface area contributed by atoms with Crippen molar-refractivity contribution >= 4 is 35.0 Å². The van der Waals surface area contributed by atoms with Crippen molar-refractivity contribution < 1.29 is 14.3 Å². The molecular weight excluding hydrogens is 470 g/mol. The van der Waals surface area contributed by atoms with Crippen LogP contribution in [0.4, 0.5) is 16.2 Å². The molecule has 0 saturated carbocycles. The molecule has 0 fully saturated rings. The number of hydrogen-bond acceptors (Lipinski definition) is 7. The van der Waals surface area contributed by atoms with Crippen molar-refractivity contribution in [2.45, 2.75) is 12.6 Å². The van der Waals surface area contributed by atoms with Gasteiger partial charge in [0.1, 0.15) is 12.6 Å². The number of tetrazole rings is 1. The molecule has 1 atom stereocenters. The molecule has 178 valence electrons. The normalized spacial score (nSPS) is 11.4. The molecule has 2 amide bonds. The van der Waals surface area contributed by atoms with Crippen molar-refractivity contribution in [2.24, 2.45) is 0 Å². The number of nitrogens with one attached hydrogen (secondary N) is 4. The van der Waals surface area contributed by atoms with Crippen molar-refractivity contribution in [3.8, 4) is 11.4 Å². The minimum absolute atomic E-state index is 0.127. The molecule has 4 N–H and O–H groups in total. The van der Waals surface area contributed by atoms with Crippen LogP contribution in [0, 0.1) is 0 Å². The van der Waals surface area contributed by atoms with E-state index in [0.717, 1.165) is 11.1 Å². The zero-order valence-corrected chi connectivity index (χ0v) is 19.4. The van der Waals surface area contributed by atoms with E-state index in [1.165, 1.54) is 0 Å². The van der Waals surface area contributed by atoms with Crippen LogP contribution >= 0.6 is 11.6 Å². The number of carbonyl (C=O) groups is 2. The number of amides is 2. The number of ether oxygens (including phenoxy) is 1. The molecule has 35 heavy (non-hydrogen) atoms. The first kappa shape index (κ1) is 23.7. The summed E-state index contributed by atoms with van der Waals surface area (Å²) in [4.78, 5) is 25.0. The van der Waals surface area contributed by atoms with E-state index in [-0.39, 0.29) is 12.5 Å². The number of benzene rings is 3. The molecule has 0 aliphatic rings. The molecule has 4 rings (SSSR count). The standard InChI is InChI=1S/C24H22ClN7O3/c1-26-23(33)21(27-19-9-7-16(8-10-19)22-29-31-32-30-22)17-11-18(25)13-20(12-17)28-24(34)35-14-15-5-3-2-4-6-15/h2-13,21,27H,14H2,1H3,(H,26,33)(H,28,34)(H,29,30,31,32)/t21-/m1/s1. The highest BCUT2D eigenvalue weighted by Gasteiger charge is 2.21. The molecule has 0 aliphatic heterocycles. The third-order valence-electron chi connectivity index (χ3n) is 5.02. The Balaban J connectivity index is 1.49. The number of likely N-dealkylation sites (N-methyl/N-ethyl adjacent to an activating group) is 1. The number of anilines is 2. The Morgan fingerprint density at radius 2 is 1.80 bits per heavy atom. The van der Waals surface area contributed by atoms with Gasteiger partial charge >= 0.3 is 6.09 Å². The van der Waals surface area contributed by atoms with Crippen LogP contribution in [0.2, 0.25) is 5.02 Å². The fourth-order valence-electron chi connectivity index (χ4n) is 3.34. The number of nitrogens with zero attached hydrogens (tertiary/aromatic N) is 3. The summed E-state index contributed by atoms with van der Waals surface area (Å²) in [7, 11) is 1.54. The number of halogens is 1. The Morgan fingerprint density at radius 3 is 2.49 bits per heavy atom. The van der Waals surface area contributed by atoms with Gasteiger partial charge in [0, 0.05) is 29.0 Å². The van der Waals surface area contributed by atoms with Gasteiger partial charge in [-0.05, 0) is 58.8 Å². The molecule has 0 bridgehead atoms. The highest BCUT2D eigenvalue weighted by atomic mass is 35.5. The third kappa shape index (κ3) is 6.33. The number of rotatable bonds is 8. The van der Waals surface area contributed by atoms with E-state index >= 15 is 0 Å². The Labute approximate surface area is 206 Å². The van der Waals surface area contributed by atoms with Crippen LogP contribution in [-0.4, -0.2) is 39.7 Å². The van der Waals surface area contributed by atoms with E-state index in [2.05, 4.69) is 36.6 Å². The second kappa shape index (κ2) is 11.1. The van der Waals surface area contributed by atoms with E-state index in [1.807, 2.05) is 42.5 Å². The number of aromatic amines is 1. The molecule has 1 heterocycles. The van der Waals surface area contributed by atoms with Crippen molar-refractivity contribution in [1.82, 2.24) is 25.9 Å². The lowest BCUT2D eigenvalue weighted by molar-refractivity contribution is -0.121. The molecule has 0 saturated heterocycles. The summed E-state index contributed by atoms with van der Waals surface area (Å²) in [6.07, 6.45) is -0.636. The van der Waals surface area contributed by atoms with Gasteiger partial charge in [0.05, 0.1) is 0 Å². The van der Waals surface area contributed by atoms with Gasteiger partial charge in [-0.2, -0.15) is 5.21 Å². The van der Waals surface area contributed by atoms with Crippen LogP contribution in [0.25, 0.3) is 11.4 Å². The van der Waals surface area contributed by atoms with Crippen LogP contribution in [0.1, 0.15) is 17.2 Å².